The lowest BCUT2D eigenvalue weighted by atomic mass is 10.0. The Morgan fingerprint density at radius 2 is 1.68 bits per heavy atom. The molecular formula is C15H11NO2S. The maximum absolute atomic E-state index is 11.8. The lowest BCUT2D eigenvalue weighted by molar-refractivity contribution is 0.0711. The topological polar surface area (TPSA) is 49.3 Å². The van der Waals surface area contributed by atoms with Gasteiger partial charge in [0.25, 0.3) is 5.91 Å². The summed E-state index contributed by atoms with van der Waals surface area (Å²) < 4.78 is 1.03. The predicted molar refractivity (Wildman–Crippen MR) is 76.5 cm³/mol. The highest BCUT2D eigenvalue weighted by Crippen LogP contribution is 2.38. The molecule has 0 atom stereocenters. The number of amides is 1. The van der Waals surface area contributed by atoms with Crippen molar-refractivity contribution in [2.45, 2.75) is 0 Å². The van der Waals surface area contributed by atoms with Crippen LogP contribution in [0, 0.1) is 0 Å². The van der Waals surface area contributed by atoms with E-state index in [2.05, 4.69) is 0 Å². The van der Waals surface area contributed by atoms with Gasteiger partial charge in [0.1, 0.15) is 4.88 Å². The zero-order valence-corrected chi connectivity index (χ0v) is 10.8. The van der Waals surface area contributed by atoms with Crippen LogP contribution in [0.1, 0.15) is 9.67 Å². The van der Waals surface area contributed by atoms with Crippen LogP contribution in [0.25, 0.3) is 21.2 Å². The number of fused-ring (bicyclic) bond motifs is 1. The second-order valence-electron chi connectivity index (χ2n) is 4.11. The van der Waals surface area contributed by atoms with E-state index in [0.29, 0.717) is 4.88 Å². The summed E-state index contributed by atoms with van der Waals surface area (Å²) in [6.07, 6.45) is 0. The maximum Gasteiger partial charge on any atom is 0.285 e. The average Bonchev–Trinajstić information content (AvgIpc) is 2.86. The van der Waals surface area contributed by atoms with E-state index >= 15 is 0 Å². The van der Waals surface area contributed by atoms with Crippen LogP contribution in [0.5, 0.6) is 0 Å². The summed E-state index contributed by atoms with van der Waals surface area (Å²) in [5.41, 5.74) is 3.56. The van der Waals surface area contributed by atoms with Crippen molar-refractivity contribution in [3.8, 4) is 11.1 Å². The summed E-state index contributed by atoms with van der Waals surface area (Å²) >= 11 is 1.38. The fraction of sp³-hybridized carbons (Fsp3) is 0. The molecule has 94 valence electrons. The first-order valence-corrected chi connectivity index (χ1v) is 6.64. The van der Waals surface area contributed by atoms with Gasteiger partial charge in [0.15, 0.2) is 0 Å². The van der Waals surface area contributed by atoms with Crippen LogP contribution < -0.4 is 5.48 Å². The number of rotatable bonds is 2. The van der Waals surface area contributed by atoms with Crippen molar-refractivity contribution in [1.29, 1.82) is 0 Å². The average molecular weight is 269 g/mol. The zero-order chi connectivity index (χ0) is 13.2. The van der Waals surface area contributed by atoms with Crippen molar-refractivity contribution in [2.75, 3.05) is 0 Å². The van der Waals surface area contributed by atoms with Gasteiger partial charge in [-0.05, 0) is 11.6 Å². The van der Waals surface area contributed by atoms with E-state index in [0.717, 1.165) is 21.2 Å². The molecule has 0 bridgehead atoms. The largest absolute Gasteiger partial charge is 0.288 e. The van der Waals surface area contributed by atoms with Crippen molar-refractivity contribution < 1.29 is 10.0 Å². The molecule has 0 fully saturated rings. The summed E-state index contributed by atoms with van der Waals surface area (Å²) in [6, 6.07) is 17.6. The van der Waals surface area contributed by atoms with Crippen LogP contribution >= 0.6 is 11.3 Å². The second-order valence-corrected chi connectivity index (χ2v) is 5.16. The molecule has 4 heteroatoms. The third kappa shape index (κ3) is 2.01. The summed E-state index contributed by atoms with van der Waals surface area (Å²) in [7, 11) is 0. The molecule has 0 saturated heterocycles. The smallest absolute Gasteiger partial charge is 0.285 e. The molecule has 0 saturated carbocycles. The van der Waals surface area contributed by atoms with Gasteiger partial charge in [-0.25, -0.2) is 5.48 Å². The predicted octanol–water partition coefficient (Wildman–Crippen LogP) is 3.69. The molecule has 3 rings (SSSR count). The third-order valence-electron chi connectivity index (χ3n) is 2.97. The molecule has 3 aromatic rings. The van der Waals surface area contributed by atoms with Gasteiger partial charge in [0, 0.05) is 15.6 Å². The highest BCUT2D eigenvalue weighted by Gasteiger charge is 2.18. The van der Waals surface area contributed by atoms with E-state index in [1.54, 1.807) is 5.48 Å². The van der Waals surface area contributed by atoms with Gasteiger partial charge in [-0.2, -0.15) is 0 Å². The monoisotopic (exact) mass is 269 g/mol. The van der Waals surface area contributed by atoms with Gasteiger partial charge in [-0.1, -0.05) is 48.5 Å². The summed E-state index contributed by atoms with van der Waals surface area (Å²) in [6.45, 7) is 0. The highest BCUT2D eigenvalue weighted by molar-refractivity contribution is 7.21. The molecule has 1 heterocycles. The molecule has 0 unspecified atom stereocenters. The van der Waals surface area contributed by atoms with Crippen LogP contribution in [-0.4, -0.2) is 11.1 Å². The van der Waals surface area contributed by atoms with Crippen LogP contribution in [0.4, 0.5) is 0 Å². The Morgan fingerprint density at radius 3 is 2.42 bits per heavy atom. The molecule has 0 radical (unpaired) electrons. The van der Waals surface area contributed by atoms with Crippen molar-refractivity contribution in [3.63, 3.8) is 0 Å². The van der Waals surface area contributed by atoms with Crippen molar-refractivity contribution in [3.05, 3.63) is 59.5 Å². The van der Waals surface area contributed by atoms with E-state index < -0.39 is 5.91 Å². The Bertz CT molecular complexity index is 734. The highest BCUT2D eigenvalue weighted by atomic mass is 32.1. The maximum atomic E-state index is 11.8. The summed E-state index contributed by atoms with van der Waals surface area (Å²) in [5.74, 6) is -0.472. The zero-order valence-electron chi connectivity index (χ0n) is 9.96. The first kappa shape index (κ1) is 11.9. The Balaban J connectivity index is 2.34. The molecule has 0 aliphatic carbocycles. The molecular weight excluding hydrogens is 258 g/mol. The van der Waals surface area contributed by atoms with Crippen LogP contribution in [0.2, 0.25) is 0 Å². The Labute approximate surface area is 114 Å². The molecule has 1 aromatic heterocycles. The SMILES string of the molecule is O=C(NO)c1sc2ccccc2c1-c1ccccc1. The fourth-order valence-corrected chi connectivity index (χ4v) is 3.26. The van der Waals surface area contributed by atoms with Crippen molar-refractivity contribution >= 4 is 27.3 Å². The standard InChI is InChI=1S/C15H11NO2S/c17-15(16-18)14-13(10-6-2-1-3-7-10)11-8-4-5-9-12(11)19-14/h1-9,18H,(H,16,17). The number of carbonyl (C=O) groups is 1. The fourth-order valence-electron chi connectivity index (χ4n) is 2.15. The number of hydroxylamine groups is 1. The normalized spacial score (nSPS) is 10.6. The minimum Gasteiger partial charge on any atom is -0.288 e. The van der Waals surface area contributed by atoms with Crippen LogP contribution in [-0.2, 0) is 0 Å². The number of carbonyl (C=O) groups excluding carboxylic acids is 1. The van der Waals surface area contributed by atoms with Crippen LogP contribution in [0.15, 0.2) is 54.6 Å². The first-order valence-electron chi connectivity index (χ1n) is 5.82. The van der Waals surface area contributed by atoms with Gasteiger partial charge < -0.3 is 0 Å². The van der Waals surface area contributed by atoms with E-state index in [-0.39, 0.29) is 0 Å². The summed E-state index contributed by atoms with van der Waals surface area (Å²) in [4.78, 5) is 12.3. The number of thiophene rings is 1. The number of benzene rings is 2. The van der Waals surface area contributed by atoms with Crippen molar-refractivity contribution in [1.82, 2.24) is 5.48 Å². The van der Waals surface area contributed by atoms with Gasteiger partial charge in [0.2, 0.25) is 0 Å². The van der Waals surface area contributed by atoms with Gasteiger partial charge in [-0.3, -0.25) is 10.0 Å². The lowest BCUT2D eigenvalue weighted by Crippen LogP contribution is -2.17. The molecule has 19 heavy (non-hydrogen) atoms. The number of hydrogen-bond acceptors (Lipinski definition) is 3. The van der Waals surface area contributed by atoms with E-state index in [9.17, 15) is 4.79 Å². The first-order chi connectivity index (χ1) is 9.31. The second kappa shape index (κ2) is 4.84. The van der Waals surface area contributed by atoms with Gasteiger partial charge >= 0.3 is 0 Å². The molecule has 0 spiro atoms. The van der Waals surface area contributed by atoms with Gasteiger partial charge in [0.05, 0.1) is 0 Å². The molecule has 1 amide bonds. The Morgan fingerprint density at radius 1 is 1.00 bits per heavy atom. The molecule has 0 aliphatic rings. The van der Waals surface area contributed by atoms with E-state index in [1.165, 1.54) is 11.3 Å². The Kier molecular flexibility index (Phi) is 3.03. The minimum atomic E-state index is -0.472. The summed E-state index contributed by atoms with van der Waals surface area (Å²) in [5, 5.41) is 9.92. The Hall–Kier alpha value is -2.17. The molecule has 3 nitrogen and oxygen atoms in total. The third-order valence-corrected chi connectivity index (χ3v) is 4.14. The van der Waals surface area contributed by atoms with Gasteiger partial charge in [-0.15, -0.1) is 11.3 Å². The molecule has 2 aromatic carbocycles. The quantitative estimate of drug-likeness (QED) is 0.550. The molecule has 0 aliphatic heterocycles. The van der Waals surface area contributed by atoms with Crippen molar-refractivity contribution in [2.24, 2.45) is 0 Å². The van der Waals surface area contributed by atoms with E-state index in [1.807, 2.05) is 54.6 Å². The lowest BCUT2D eigenvalue weighted by Gasteiger charge is -2.03. The van der Waals surface area contributed by atoms with E-state index in [4.69, 9.17) is 5.21 Å². The number of nitrogens with one attached hydrogen (secondary N) is 1. The molecule has 2 N–H and O–H groups in total. The number of hydrogen-bond donors (Lipinski definition) is 2. The minimum absolute atomic E-state index is 0.472. The van der Waals surface area contributed by atoms with Crippen LogP contribution in [0.3, 0.4) is 0 Å².